The maximum absolute atomic E-state index is 13.8. The van der Waals surface area contributed by atoms with Gasteiger partial charge in [0, 0.05) is 19.6 Å². The van der Waals surface area contributed by atoms with Crippen molar-refractivity contribution in [2.24, 2.45) is 11.5 Å². The number of benzene rings is 3. The van der Waals surface area contributed by atoms with Crippen LogP contribution in [0.15, 0.2) is 91.0 Å². The molecule has 15 heteroatoms. The van der Waals surface area contributed by atoms with Crippen molar-refractivity contribution in [1.82, 2.24) is 19.2 Å². The quantitative estimate of drug-likeness (QED) is 0.118. The largest absolute Gasteiger partial charge is 0.369 e. The zero-order valence-corrected chi connectivity index (χ0v) is 29.2. The zero-order chi connectivity index (χ0) is 35.9. The molecule has 0 aliphatic carbocycles. The number of nitrogens with zero attached hydrogens (tertiary/aromatic N) is 2. The van der Waals surface area contributed by atoms with E-state index in [0.717, 1.165) is 14.2 Å². The topological polar surface area (TPSA) is 202 Å². The van der Waals surface area contributed by atoms with Crippen molar-refractivity contribution in [3.05, 3.63) is 108 Å². The molecule has 0 aliphatic rings. The Kier molecular flexibility index (Phi) is 15.4. The van der Waals surface area contributed by atoms with E-state index in [1.165, 1.54) is 7.05 Å². The second-order valence-corrected chi connectivity index (χ2v) is 15.8. The fourth-order valence-corrected chi connectivity index (χ4v) is 7.81. The molecule has 6 N–H and O–H groups in total. The van der Waals surface area contributed by atoms with Crippen molar-refractivity contribution < 1.29 is 31.2 Å². The second-order valence-electron chi connectivity index (χ2n) is 11.8. The Labute approximate surface area is 289 Å². The third-order valence-corrected chi connectivity index (χ3v) is 11.2. The van der Waals surface area contributed by atoms with Crippen molar-refractivity contribution in [2.75, 3.05) is 33.2 Å². The van der Waals surface area contributed by atoms with E-state index in [9.17, 15) is 31.2 Å². The van der Waals surface area contributed by atoms with Gasteiger partial charge in [-0.15, -0.1) is 0 Å². The number of unbranched alkanes of at least 4 members (excludes halogenated alkanes) is 1. The average molecular weight is 715 g/mol. The first-order valence-corrected chi connectivity index (χ1v) is 19.1. The lowest BCUT2D eigenvalue weighted by molar-refractivity contribution is -0.129. The van der Waals surface area contributed by atoms with Crippen LogP contribution in [0.25, 0.3) is 0 Å². The molecule has 2 atom stereocenters. The number of amides is 3. The highest BCUT2D eigenvalue weighted by molar-refractivity contribution is 7.88. The summed E-state index contributed by atoms with van der Waals surface area (Å²) < 4.78 is 54.8. The standard InChI is InChI=1S/C34H46N6O7S2/c1-39(48(44,45)25-28-15-7-3-8-16-28)24-33(42)38-31(19-11-12-20-35)34(43)37-30(21-27-13-5-2-6-14-27)22-40(23-32(36)41)49(46,47)26-29-17-9-4-10-18-29/h2-10,13-18,30-31H,11-12,19-26,35H2,1H3,(H2,36,41)(H,37,43)(H,38,42)/t30-,31-/m0/s1. The SMILES string of the molecule is CN(CC(=O)N[C@@H](CCCCN)C(=O)N[C@@H](Cc1ccccc1)CN(CC(N)=O)S(=O)(=O)Cc1ccccc1)S(=O)(=O)Cc1ccccc1. The molecule has 0 saturated heterocycles. The highest BCUT2D eigenvalue weighted by Gasteiger charge is 2.31. The third kappa shape index (κ3) is 13.7. The number of hydrogen-bond donors (Lipinski definition) is 4. The molecule has 266 valence electrons. The summed E-state index contributed by atoms with van der Waals surface area (Å²) in [4.78, 5) is 38.9. The van der Waals surface area contributed by atoms with E-state index in [1.807, 2.05) is 18.2 Å². The van der Waals surface area contributed by atoms with Crippen LogP contribution < -0.4 is 22.1 Å². The lowest BCUT2D eigenvalue weighted by Gasteiger charge is -2.29. The highest BCUT2D eigenvalue weighted by Crippen LogP contribution is 2.15. The van der Waals surface area contributed by atoms with Crippen LogP contribution in [0.2, 0.25) is 0 Å². The number of rotatable bonds is 21. The van der Waals surface area contributed by atoms with Crippen LogP contribution in [0.1, 0.15) is 36.0 Å². The molecule has 49 heavy (non-hydrogen) atoms. The van der Waals surface area contributed by atoms with Gasteiger partial charge in [0.1, 0.15) is 6.04 Å². The minimum Gasteiger partial charge on any atom is -0.369 e. The van der Waals surface area contributed by atoms with Crippen molar-refractivity contribution >= 4 is 37.8 Å². The monoisotopic (exact) mass is 714 g/mol. The van der Waals surface area contributed by atoms with E-state index in [2.05, 4.69) is 10.6 Å². The number of primary amides is 1. The summed E-state index contributed by atoms with van der Waals surface area (Å²) in [6.07, 6.45) is 1.46. The zero-order valence-electron chi connectivity index (χ0n) is 27.6. The van der Waals surface area contributed by atoms with Gasteiger partial charge in [0.15, 0.2) is 0 Å². The molecule has 0 spiro atoms. The molecule has 0 fully saturated rings. The van der Waals surface area contributed by atoms with Crippen LogP contribution in [0.3, 0.4) is 0 Å². The van der Waals surface area contributed by atoms with Crippen molar-refractivity contribution in [3.63, 3.8) is 0 Å². The molecule has 0 aliphatic heterocycles. The maximum Gasteiger partial charge on any atom is 0.242 e. The summed E-state index contributed by atoms with van der Waals surface area (Å²) in [6.45, 7) is -1.03. The molecule has 0 bridgehead atoms. The fraction of sp³-hybridized carbons (Fsp3) is 0.382. The van der Waals surface area contributed by atoms with Crippen LogP contribution in [0, 0.1) is 0 Å². The summed E-state index contributed by atoms with van der Waals surface area (Å²) in [6, 6.07) is 24.2. The van der Waals surface area contributed by atoms with E-state index in [-0.39, 0.29) is 30.9 Å². The summed E-state index contributed by atoms with van der Waals surface area (Å²) in [5.41, 5.74) is 13.0. The Morgan fingerprint density at radius 1 is 0.714 bits per heavy atom. The fourth-order valence-electron chi connectivity index (χ4n) is 5.13. The minimum absolute atomic E-state index is 0.199. The third-order valence-electron chi connectivity index (χ3n) is 7.64. The Hall–Kier alpha value is -4.15. The summed E-state index contributed by atoms with van der Waals surface area (Å²) >= 11 is 0. The van der Waals surface area contributed by atoms with Crippen LogP contribution in [0.5, 0.6) is 0 Å². The number of hydrogen-bond acceptors (Lipinski definition) is 8. The molecule has 0 saturated carbocycles. The minimum atomic E-state index is -4.07. The number of likely N-dealkylation sites (N-methyl/N-ethyl adjacent to an activating group) is 1. The van der Waals surface area contributed by atoms with Gasteiger partial charge in [-0.05, 0) is 48.9 Å². The molecule has 0 heterocycles. The summed E-state index contributed by atoms with van der Waals surface area (Å²) in [5, 5.41) is 5.54. The first kappa shape index (κ1) is 39.3. The van der Waals surface area contributed by atoms with Crippen molar-refractivity contribution in [2.45, 2.75) is 49.3 Å². The Morgan fingerprint density at radius 2 is 1.22 bits per heavy atom. The van der Waals surface area contributed by atoms with Crippen molar-refractivity contribution in [3.8, 4) is 0 Å². The van der Waals surface area contributed by atoms with Gasteiger partial charge >= 0.3 is 0 Å². The molecule has 13 nitrogen and oxygen atoms in total. The van der Waals surface area contributed by atoms with E-state index in [4.69, 9.17) is 11.5 Å². The lowest BCUT2D eigenvalue weighted by Crippen LogP contribution is -2.55. The smallest absolute Gasteiger partial charge is 0.242 e. The summed E-state index contributed by atoms with van der Waals surface area (Å²) in [7, 11) is -6.62. The predicted octanol–water partition coefficient (Wildman–Crippen LogP) is 1.11. The molecular formula is C34H46N6O7S2. The van der Waals surface area contributed by atoms with Gasteiger partial charge in [0.2, 0.25) is 37.8 Å². The number of nitrogens with one attached hydrogen (secondary N) is 2. The Morgan fingerprint density at radius 3 is 1.73 bits per heavy atom. The van der Waals surface area contributed by atoms with Gasteiger partial charge in [-0.25, -0.2) is 16.8 Å². The van der Waals surface area contributed by atoms with Gasteiger partial charge in [0.05, 0.1) is 24.6 Å². The molecule has 0 aromatic heterocycles. The van der Waals surface area contributed by atoms with Gasteiger partial charge < -0.3 is 22.1 Å². The number of carbonyl (C=O) groups is 3. The Balaban J connectivity index is 1.81. The first-order chi connectivity index (χ1) is 23.3. The number of sulfonamides is 2. The molecule has 3 rings (SSSR count). The van der Waals surface area contributed by atoms with Crippen LogP contribution in [-0.4, -0.2) is 88.5 Å². The van der Waals surface area contributed by atoms with Gasteiger partial charge in [-0.2, -0.15) is 8.61 Å². The van der Waals surface area contributed by atoms with E-state index in [1.54, 1.807) is 72.8 Å². The second kappa shape index (κ2) is 19.1. The molecule has 3 aromatic carbocycles. The predicted molar refractivity (Wildman–Crippen MR) is 188 cm³/mol. The molecule has 3 amide bonds. The van der Waals surface area contributed by atoms with E-state index < -0.39 is 62.9 Å². The maximum atomic E-state index is 13.8. The average Bonchev–Trinajstić information content (AvgIpc) is 3.04. The number of carbonyl (C=O) groups excluding carboxylic acids is 3. The van der Waals surface area contributed by atoms with Gasteiger partial charge in [0.25, 0.3) is 0 Å². The molecule has 3 aromatic rings. The number of nitrogens with two attached hydrogens (primary N) is 2. The lowest BCUT2D eigenvalue weighted by atomic mass is 10.0. The molecule has 0 unspecified atom stereocenters. The van der Waals surface area contributed by atoms with Crippen LogP contribution in [0.4, 0.5) is 0 Å². The van der Waals surface area contributed by atoms with Crippen LogP contribution in [-0.2, 0) is 52.4 Å². The van der Waals surface area contributed by atoms with Crippen molar-refractivity contribution in [1.29, 1.82) is 0 Å². The normalized spacial score (nSPS) is 13.1. The summed E-state index contributed by atoms with van der Waals surface area (Å²) in [5.74, 6) is -2.83. The molecular weight excluding hydrogens is 669 g/mol. The first-order valence-electron chi connectivity index (χ1n) is 15.9. The van der Waals surface area contributed by atoms with Crippen LogP contribution >= 0.6 is 0 Å². The van der Waals surface area contributed by atoms with Gasteiger partial charge in [-0.3, -0.25) is 14.4 Å². The van der Waals surface area contributed by atoms with E-state index in [0.29, 0.717) is 30.5 Å². The highest BCUT2D eigenvalue weighted by atomic mass is 32.2. The Bertz CT molecular complexity index is 1710. The van der Waals surface area contributed by atoms with Gasteiger partial charge in [-0.1, -0.05) is 91.0 Å². The molecule has 0 radical (unpaired) electrons. The van der Waals surface area contributed by atoms with E-state index >= 15 is 0 Å².